The maximum absolute atomic E-state index is 11.0. The van der Waals surface area contributed by atoms with E-state index in [4.69, 9.17) is 0 Å². The molecule has 1 aliphatic heterocycles. The molecule has 4 atom stereocenters. The van der Waals surface area contributed by atoms with Crippen LogP contribution >= 0.6 is 11.8 Å². The molecule has 1 aliphatic carbocycles. The van der Waals surface area contributed by atoms with Crippen LogP contribution in [0.1, 0.15) is 61.3 Å². The van der Waals surface area contributed by atoms with Gasteiger partial charge in [-0.3, -0.25) is 4.79 Å². The van der Waals surface area contributed by atoms with Crippen molar-refractivity contribution in [1.82, 2.24) is 4.90 Å². The molecule has 1 saturated heterocycles. The molecule has 21 heavy (non-hydrogen) atoms. The molecule has 0 radical (unpaired) electrons. The molecular formula is C17H30N2OS. The maximum atomic E-state index is 11.0. The molecule has 2 aliphatic rings. The van der Waals surface area contributed by atoms with Crippen LogP contribution in [0.15, 0.2) is 4.99 Å². The Labute approximate surface area is 134 Å². The van der Waals surface area contributed by atoms with Crippen molar-refractivity contribution in [2.75, 3.05) is 0 Å². The van der Waals surface area contributed by atoms with Crippen molar-refractivity contribution in [2.45, 2.75) is 78.6 Å². The zero-order valence-corrected chi connectivity index (χ0v) is 15.3. The summed E-state index contributed by atoms with van der Waals surface area (Å²) in [5.41, 5.74) is 0.584. The summed E-state index contributed by atoms with van der Waals surface area (Å²) < 4.78 is 0. The molecule has 2 bridgehead atoms. The van der Waals surface area contributed by atoms with Gasteiger partial charge in [0, 0.05) is 17.3 Å². The minimum absolute atomic E-state index is 0.275. The third kappa shape index (κ3) is 2.43. The zero-order valence-electron chi connectivity index (χ0n) is 14.5. The first-order valence-electron chi connectivity index (χ1n) is 8.13. The highest BCUT2D eigenvalue weighted by molar-refractivity contribution is 8.14. The molecule has 0 spiro atoms. The summed E-state index contributed by atoms with van der Waals surface area (Å²) >= 11 is 1.76. The van der Waals surface area contributed by atoms with Crippen LogP contribution in [0.25, 0.3) is 0 Å². The second kappa shape index (κ2) is 5.60. The van der Waals surface area contributed by atoms with Gasteiger partial charge in [-0.15, -0.1) is 0 Å². The molecule has 1 heterocycles. The van der Waals surface area contributed by atoms with Crippen LogP contribution in [0.5, 0.6) is 0 Å². The van der Waals surface area contributed by atoms with Gasteiger partial charge in [0.25, 0.3) is 0 Å². The van der Waals surface area contributed by atoms with Gasteiger partial charge in [0.15, 0.2) is 5.17 Å². The van der Waals surface area contributed by atoms with E-state index in [1.54, 1.807) is 11.8 Å². The summed E-state index contributed by atoms with van der Waals surface area (Å²) in [6.07, 6.45) is 3.20. The SMILES string of the molecule is CC(C)C(C)S/C(=N\C=O)N1[C@H]2CC[C@@](C)([C@H]1C)C2(C)C. The van der Waals surface area contributed by atoms with Crippen molar-refractivity contribution < 1.29 is 4.79 Å². The third-order valence-corrected chi connectivity index (χ3v) is 7.97. The minimum atomic E-state index is 0.275. The number of hydrogen-bond donors (Lipinski definition) is 0. The lowest BCUT2D eigenvalue weighted by Gasteiger charge is -2.40. The van der Waals surface area contributed by atoms with E-state index in [0.29, 0.717) is 35.1 Å². The fraction of sp³-hybridized carbons (Fsp3) is 0.882. The topological polar surface area (TPSA) is 32.7 Å². The molecule has 0 aromatic heterocycles. The molecule has 0 N–H and O–H groups in total. The number of likely N-dealkylation sites (tertiary alicyclic amines) is 1. The molecule has 3 nitrogen and oxygen atoms in total. The van der Waals surface area contributed by atoms with E-state index >= 15 is 0 Å². The smallest absolute Gasteiger partial charge is 0.235 e. The molecule has 0 aromatic carbocycles. The molecule has 120 valence electrons. The van der Waals surface area contributed by atoms with Gasteiger partial charge in [-0.2, -0.15) is 4.99 Å². The Kier molecular flexibility index (Phi) is 4.50. The molecule has 1 saturated carbocycles. The summed E-state index contributed by atoms with van der Waals surface area (Å²) in [5, 5.41) is 1.39. The lowest BCUT2D eigenvalue weighted by atomic mass is 9.68. The van der Waals surface area contributed by atoms with E-state index in [9.17, 15) is 4.79 Å². The average molecular weight is 311 g/mol. The zero-order chi connectivity index (χ0) is 16.0. The fourth-order valence-electron chi connectivity index (χ4n) is 4.12. The first-order chi connectivity index (χ1) is 9.66. The van der Waals surface area contributed by atoms with E-state index in [1.165, 1.54) is 12.8 Å². The van der Waals surface area contributed by atoms with Gasteiger partial charge in [0.05, 0.1) is 0 Å². The van der Waals surface area contributed by atoms with Crippen molar-refractivity contribution in [3.8, 4) is 0 Å². The fourth-order valence-corrected chi connectivity index (χ4v) is 5.23. The lowest BCUT2D eigenvalue weighted by Crippen LogP contribution is -2.45. The van der Waals surface area contributed by atoms with Crippen molar-refractivity contribution in [3.63, 3.8) is 0 Å². The number of amides is 1. The Hall–Kier alpha value is -0.510. The number of carbonyl (C=O) groups excluding carboxylic acids is 1. The van der Waals surface area contributed by atoms with E-state index in [2.05, 4.69) is 58.4 Å². The molecule has 1 unspecified atom stereocenters. The van der Waals surface area contributed by atoms with Crippen LogP contribution < -0.4 is 0 Å². The normalized spacial score (nSPS) is 36.4. The van der Waals surface area contributed by atoms with Gasteiger partial charge >= 0.3 is 0 Å². The van der Waals surface area contributed by atoms with Crippen LogP contribution in [0, 0.1) is 16.7 Å². The molecule has 2 fully saturated rings. The Bertz CT molecular complexity index is 446. The molecular weight excluding hydrogens is 280 g/mol. The lowest BCUT2D eigenvalue weighted by molar-refractivity contribution is -0.106. The minimum Gasteiger partial charge on any atom is -0.344 e. The standard InChI is InChI=1S/C17H30N2OS/c1-11(2)12(3)21-15(18-10-20)19-13(4)17(7)9-8-14(19)16(17,5)6/h10-14H,8-9H2,1-7H3/b18-15-/t12?,13-,14+,17+/m1/s1. The largest absolute Gasteiger partial charge is 0.344 e. The van der Waals surface area contributed by atoms with Crippen molar-refractivity contribution in [1.29, 1.82) is 0 Å². The Morgan fingerprint density at radius 2 is 1.95 bits per heavy atom. The highest BCUT2D eigenvalue weighted by Crippen LogP contribution is 2.63. The second-order valence-electron chi connectivity index (χ2n) is 7.86. The van der Waals surface area contributed by atoms with Crippen molar-refractivity contribution in [2.24, 2.45) is 21.7 Å². The van der Waals surface area contributed by atoms with E-state index in [0.717, 1.165) is 5.17 Å². The molecule has 4 heteroatoms. The number of nitrogens with zero attached hydrogens (tertiary/aromatic N) is 2. The van der Waals surface area contributed by atoms with E-state index in [-0.39, 0.29) is 5.41 Å². The van der Waals surface area contributed by atoms with Gasteiger partial charge < -0.3 is 4.90 Å². The Morgan fingerprint density at radius 1 is 1.33 bits per heavy atom. The molecule has 2 rings (SSSR count). The maximum Gasteiger partial charge on any atom is 0.235 e. The number of amidine groups is 1. The average Bonchev–Trinajstić information content (AvgIpc) is 2.70. The van der Waals surface area contributed by atoms with Crippen LogP contribution in [0.2, 0.25) is 0 Å². The van der Waals surface area contributed by atoms with Gasteiger partial charge in [-0.05, 0) is 36.5 Å². The van der Waals surface area contributed by atoms with Crippen LogP contribution in [-0.2, 0) is 4.79 Å². The second-order valence-corrected chi connectivity index (χ2v) is 9.21. The van der Waals surface area contributed by atoms with Gasteiger partial charge in [-0.25, -0.2) is 0 Å². The summed E-state index contributed by atoms with van der Waals surface area (Å²) in [6.45, 7) is 16.2. The number of piperidine rings is 1. The molecule has 0 aromatic rings. The van der Waals surface area contributed by atoms with Crippen LogP contribution in [-0.4, -0.2) is 33.8 Å². The third-order valence-electron chi connectivity index (χ3n) is 6.53. The highest BCUT2D eigenvalue weighted by Gasteiger charge is 2.64. The van der Waals surface area contributed by atoms with Gasteiger partial charge in [0.2, 0.25) is 6.41 Å². The van der Waals surface area contributed by atoms with Gasteiger partial charge in [0.1, 0.15) is 0 Å². The highest BCUT2D eigenvalue weighted by atomic mass is 32.2. The van der Waals surface area contributed by atoms with Crippen LogP contribution in [0.4, 0.5) is 0 Å². The quantitative estimate of drug-likeness (QED) is 0.445. The number of aliphatic imine (C=N–C) groups is 1. The van der Waals surface area contributed by atoms with Crippen molar-refractivity contribution in [3.05, 3.63) is 0 Å². The summed E-state index contributed by atoms with van der Waals surface area (Å²) in [4.78, 5) is 17.7. The first-order valence-corrected chi connectivity index (χ1v) is 9.01. The summed E-state index contributed by atoms with van der Waals surface area (Å²) in [5.74, 6) is 0.575. The Balaban J connectivity index is 2.31. The summed E-state index contributed by atoms with van der Waals surface area (Å²) in [7, 11) is 0. The van der Waals surface area contributed by atoms with Crippen molar-refractivity contribution >= 4 is 23.3 Å². The number of fused-ring (bicyclic) bond motifs is 2. The number of thioether (sulfide) groups is 1. The van der Waals surface area contributed by atoms with E-state index in [1.807, 2.05) is 0 Å². The Morgan fingerprint density at radius 3 is 2.38 bits per heavy atom. The first kappa shape index (κ1) is 16.9. The van der Waals surface area contributed by atoms with Gasteiger partial charge in [-0.1, -0.05) is 53.3 Å². The predicted octanol–water partition coefficient (Wildman–Crippen LogP) is 4.18. The summed E-state index contributed by atoms with van der Waals surface area (Å²) in [6, 6.07) is 0.944. The predicted molar refractivity (Wildman–Crippen MR) is 91.6 cm³/mol. The van der Waals surface area contributed by atoms with E-state index < -0.39 is 0 Å². The molecule has 1 amide bonds. The monoisotopic (exact) mass is 310 g/mol. The van der Waals surface area contributed by atoms with Crippen LogP contribution in [0.3, 0.4) is 0 Å². The number of hydrogen-bond acceptors (Lipinski definition) is 2. The number of carbonyl (C=O) groups is 1. The number of rotatable bonds is 3.